The summed E-state index contributed by atoms with van der Waals surface area (Å²) in [5.41, 5.74) is 8.09. The molecule has 0 atom stereocenters. The van der Waals surface area contributed by atoms with Gasteiger partial charge in [0.05, 0.1) is 27.6 Å². The number of para-hydroxylation sites is 3. The normalized spacial score (nSPS) is 11.8. The Kier molecular flexibility index (Phi) is 5.77. The standard InChI is InChI=1S/C42H26N6/c1-4-15-27(16-5-1)40-44-41(28-17-6-2-7-18-28)46-42(45-40)48-34-25-13-11-22-31(34)36-37-32(23-14-26-43-37)35-30-21-10-12-24-33(30)47(38(35)39(36)48)29-19-8-3-9-20-29/h1-26H. The fraction of sp³-hybridized carbons (Fsp3) is 0. The molecule has 0 amide bonds. The van der Waals surface area contributed by atoms with Crippen molar-refractivity contribution in [1.82, 2.24) is 29.1 Å². The quantitative estimate of drug-likeness (QED) is 0.198. The first kappa shape index (κ1) is 26.5. The Morgan fingerprint density at radius 1 is 0.396 bits per heavy atom. The molecule has 0 aliphatic carbocycles. The molecule has 0 unspecified atom stereocenters. The van der Waals surface area contributed by atoms with Crippen LogP contribution in [-0.2, 0) is 0 Å². The highest BCUT2D eigenvalue weighted by atomic mass is 15.2. The van der Waals surface area contributed by atoms with Crippen molar-refractivity contribution in [3.63, 3.8) is 0 Å². The molecule has 4 heterocycles. The average molecular weight is 615 g/mol. The molecule has 0 aliphatic heterocycles. The Morgan fingerprint density at radius 2 is 0.896 bits per heavy atom. The van der Waals surface area contributed by atoms with Gasteiger partial charge in [0.2, 0.25) is 5.95 Å². The van der Waals surface area contributed by atoms with Crippen molar-refractivity contribution >= 4 is 54.5 Å². The summed E-state index contributed by atoms with van der Waals surface area (Å²) in [5.74, 6) is 1.78. The molecule has 0 spiro atoms. The second kappa shape index (κ2) is 10.4. The van der Waals surface area contributed by atoms with Crippen LogP contribution in [0.3, 0.4) is 0 Å². The number of hydrogen-bond acceptors (Lipinski definition) is 4. The summed E-state index contributed by atoms with van der Waals surface area (Å²) in [6.07, 6.45) is 1.89. The molecule has 48 heavy (non-hydrogen) atoms. The first-order valence-corrected chi connectivity index (χ1v) is 16.0. The fourth-order valence-electron chi connectivity index (χ4n) is 7.20. The van der Waals surface area contributed by atoms with E-state index in [1.165, 1.54) is 5.39 Å². The molecule has 6 nitrogen and oxygen atoms in total. The molecule has 0 bridgehead atoms. The van der Waals surface area contributed by atoms with E-state index in [1.54, 1.807) is 0 Å². The SMILES string of the molecule is c1ccc(-c2nc(-c3ccccc3)nc(-n3c4ccccc4c4c5ncccc5c5c6ccccc6n(-c6ccccc6)c5c43)n2)cc1. The van der Waals surface area contributed by atoms with E-state index < -0.39 is 0 Å². The van der Waals surface area contributed by atoms with E-state index in [0.29, 0.717) is 17.6 Å². The Hall–Kier alpha value is -6.66. The van der Waals surface area contributed by atoms with Gasteiger partial charge >= 0.3 is 0 Å². The third-order valence-electron chi connectivity index (χ3n) is 9.19. The summed E-state index contributed by atoms with van der Waals surface area (Å²) in [4.78, 5) is 20.5. The number of pyridine rings is 1. The molecule has 6 heteroatoms. The van der Waals surface area contributed by atoms with Crippen molar-refractivity contribution in [3.05, 3.63) is 158 Å². The van der Waals surface area contributed by atoms with E-state index in [2.05, 4.69) is 94.1 Å². The molecular weight excluding hydrogens is 589 g/mol. The maximum absolute atomic E-state index is 5.23. The number of hydrogen-bond donors (Lipinski definition) is 0. The van der Waals surface area contributed by atoms with Gasteiger partial charge in [0, 0.05) is 49.9 Å². The van der Waals surface area contributed by atoms with E-state index >= 15 is 0 Å². The molecule has 0 saturated heterocycles. The zero-order valence-electron chi connectivity index (χ0n) is 25.7. The van der Waals surface area contributed by atoms with E-state index in [4.69, 9.17) is 19.9 Å². The average Bonchev–Trinajstić information content (AvgIpc) is 3.70. The van der Waals surface area contributed by atoms with Crippen LogP contribution in [0.2, 0.25) is 0 Å². The van der Waals surface area contributed by atoms with Gasteiger partial charge in [-0.3, -0.25) is 9.55 Å². The van der Waals surface area contributed by atoms with Gasteiger partial charge in [-0.15, -0.1) is 0 Å². The van der Waals surface area contributed by atoms with Crippen LogP contribution in [-0.4, -0.2) is 29.1 Å². The van der Waals surface area contributed by atoms with Gasteiger partial charge in [-0.1, -0.05) is 121 Å². The second-order valence-corrected chi connectivity index (χ2v) is 11.9. The van der Waals surface area contributed by atoms with E-state index in [1.807, 2.05) is 72.9 Å². The molecule has 4 aromatic heterocycles. The van der Waals surface area contributed by atoms with Crippen molar-refractivity contribution < 1.29 is 0 Å². The lowest BCUT2D eigenvalue weighted by atomic mass is 10.0. The number of nitrogens with zero attached hydrogens (tertiary/aromatic N) is 6. The van der Waals surface area contributed by atoms with E-state index in [0.717, 1.165) is 65.9 Å². The van der Waals surface area contributed by atoms with Gasteiger partial charge in [0.25, 0.3) is 0 Å². The number of aromatic nitrogens is 6. The smallest absolute Gasteiger partial charge is 0.238 e. The van der Waals surface area contributed by atoms with Crippen molar-refractivity contribution in [2.75, 3.05) is 0 Å². The van der Waals surface area contributed by atoms with Crippen LogP contribution < -0.4 is 0 Å². The minimum atomic E-state index is 0.551. The summed E-state index contributed by atoms with van der Waals surface area (Å²) in [5, 5.41) is 5.58. The van der Waals surface area contributed by atoms with Crippen LogP contribution in [0.25, 0.3) is 88.9 Å². The van der Waals surface area contributed by atoms with Gasteiger partial charge < -0.3 is 4.57 Å². The summed E-state index contributed by atoms with van der Waals surface area (Å²) < 4.78 is 4.60. The highest BCUT2D eigenvalue weighted by Crippen LogP contribution is 2.45. The highest BCUT2D eigenvalue weighted by Gasteiger charge is 2.26. The van der Waals surface area contributed by atoms with Crippen LogP contribution >= 0.6 is 0 Å². The largest absolute Gasteiger partial charge is 0.307 e. The Labute approximate surface area is 275 Å². The Bertz CT molecular complexity index is 2760. The van der Waals surface area contributed by atoms with Gasteiger partial charge in [-0.25, -0.2) is 4.98 Å². The predicted molar refractivity (Wildman–Crippen MR) is 195 cm³/mol. The summed E-state index contributed by atoms with van der Waals surface area (Å²) >= 11 is 0. The molecule has 0 radical (unpaired) electrons. The predicted octanol–water partition coefficient (Wildman–Crippen LogP) is 9.95. The van der Waals surface area contributed by atoms with Crippen LogP contribution in [0.15, 0.2) is 158 Å². The van der Waals surface area contributed by atoms with Crippen LogP contribution in [0.4, 0.5) is 0 Å². The molecule has 10 rings (SSSR count). The first-order chi connectivity index (χ1) is 23.8. The molecule has 0 aliphatic rings. The monoisotopic (exact) mass is 614 g/mol. The number of fused-ring (bicyclic) bond motifs is 10. The molecular formula is C42H26N6. The van der Waals surface area contributed by atoms with E-state index in [9.17, 15) is 0 Å². The molecule has 0 saturated carbocycles. The van der Waals surface area contributed by atoms with Crippen molar-refractivity contribution in [2.45, 2.75) is 0 Å². The minimum Gasteiger partial charge on any atom is -0.307 e. The van der Waals surface area contributed by atoms with Crippen molar-refractivity contribution in [3.8, 4) is 34.4 Å². The Morgan fingerprint density at radius 3 is 1.54 bits per heavy atom. The van der Waals surface area contributed by atoms with Crippen LogP contribution in [0.1, 0.15) is 0 Å². The van der Waals surface area contributed by atoms with E-state index in [-0.39, 0.29) is 0 Å². The maximum atomic E-state index is 5.23. The molecule has 0 N–H and O–H groups in total. The van der Waals surface area contributed by atoms with Gasteiger partial charge in [-0.05, 0) is 30.3 Å². The number of benzene rings is 6. The Balaban J connectivity index is 1.47. The van der Waals surface area contributed by atoms with Gasteiger partial charge in [0.15, 0.2) is 11.6 Å². The van der Waals surface area contributed by atoms with Gasteiger partial charge in [-0.2, -0.15) is 9.97 Å². The van der Waals surface area contributed by atoms with Crippen molar-refractivity contribution in [2.24, 2.45) is 0 Å². The second-order valence-electron chi connectivity index (χ2n) is 11.9. The summed E-state index contributed by atoms with van der Waals surface area (Å²) in [6.45, 7) is 0. The minimum absolute atomic E-state index is 0.551. The molecule has 6 aromatic carbocycles. The van der Waals surface area contributed by atoms with Crippen LogP contribution in [0.5, 0.6) is 0 Å². The third-order valence-corrected chi connectivity index (χ3v) is 9.19. The highest BCUT2D eigenvalue weighted by molar-refractivity contribution is 6.35. The maximum Gasteiger partial charge on any atom is 0.238 e. The number of rotatable bonds is 4. The topological polar surface area (TPSA) is 61.4 Å². The zero-order valence-corrected chi connectivity index (χ0v) is 25.7. The molecule has 224 valence electrons. The molecule has 10 aromatic rings. The van der Waals surface area contributed by atoms with Crippen molar-refractivity contribution in [1.29, 1.82) is 0 Å². The lowest BCUT2D eigenvalue weighted by molar-refractivity contribution is 0.953. The lowest BCUT2D eigenvalue weighted by Gasteiger charge is -2.14. The van der Waals surface area contributed by atoms with Crippen LogP contribution in [0, 0.1) is 0 Å². The summed E-state index contributed by atoms with van der Waals surface area (Å²) in [7, 11) is 0. The van der Waals surface area contributed by atoms with Gasteiger partial charge in [0.1, 0.15) is 0 Å². The lowest BCUT2D eigenvalue weighted by Crippen LogP contribution is -2.07. The zero-order chi connectivity index (χ0) is 31.6. The summed E-state index contributed by atoms with van der Waals surface area (Å²) in [6, 6.07) is 52.2. The first-order valence-electron chi connectivity index (χ1n) is 16.0. The fourth-order valence-corrected chi connectivity index (χ4v) is 7.20. The molecule has 0 fully saturated rings. The third kappa shape index (κ3) is 3.86.